The number of esters is 1. The van der Waals surface area contributed by atoms with Crippen LogP contribution in [-0.2, 0) is 9.53 Å². The van der Waals surface area contributed by atoms with Gasteiger partial charge in [-0.25, -0.2) is 9.79 Å². The van der Waals surface area contributed by atoms with Crippen molar-refractivity contribution in [3.8, 4) is 17.1 Å². The first-order chi connectivity index (χ1) is 17.9. The van der Waals surface area contributed by atoms with Crippen LogP contribution in [0.5, 0.6) is 5.75 Å². The van der Waals surface area contributed by atoms with E-state index in [1.807, 2.05) is 42.5 Å². The number of furan rings is 1. The number of carbonyl (C=O) groups excluding carboxylic acids is 1. The molecule has 0 radical (unpaired) electrons. The van der Waals surface area contributed by atoms with Crippen LogP contribution in [0.4, 0.5) is 0 Å². The largest absolute Gasteiger partial charge is 0.496 e. The Morgan fingerprint density at radius 3 is 2.76 bits per heavy atom. The number of hydrogen-bond donors (Lipinski definition) is 0. The first kappa shape index (κ1) is 24.8. The van der Waals surface area contributed by atoms with Crippen LogP contribution < -0.4 is 19.6 Å². The number of benzene rings is 2. The molecule has 9 heteroatoms. The molecule has 2 aromatic heterocycles. The molecule has 37 heavy (non-hydrogen) atoms. The number of halogens is 1. The van der Waals surface area contributed by atoms with Crippen LogP contribution in [0.25, 0.3) is 17.4 Å². The lowest BCUT2D eigenvalue weighted by molar-refractivity contribution is -0.139. The second kappa shape index (κ2) is 10.2. The van der Waals surface area contributed by atoms with Gasteiger partial charge in [0.25, 0.3) is 5.56 Å². The van der Waals surface area contributed by atoms with E-state index in [0.717, 1.165) is 5.56 Å². The SMILES string of the molecule is CCOC(=O)C1=C(C)N=c2s/c(=C\c3ccc(-c4cccc(Cl)c4)o3)c(=O)n2C1c1ccccc1OC. The Bertz CT molecular complexity index is 1710. The minimum absolute atomic E-state index is 0.201. The van der Waals surface area contributed by atoms with Gasteiger partial charge in [-0.3, -0.25) is 9.36 Å². The maximum absolute atomic E-state index is 13.8. The normalized spacial score (nSPS) is 15.4. The summed E-state index contributed by atoms with van der Waals surface area (Å²) in [6.07, 6.45) is 1.68. The molecule has 3 heterocycles. The zero-order valence-electron chi connectivity index (χ0n) is 20.4. The molecule has 188 valence electrons. The van der Waals surface area contributed by atoms with E-state index < -0.39 is 12.0 Å². The van der Waals surface area contributed by atoms with Crippen molar-refractivity contribution in [1.82, 2.24) is 4.57 Å². The van der Waals surface area contributed by atoms with E-state index in [1.54, 1.807) is 45.2 Å². The van der Waals surface area contributed by atoms with E-state index in [-0.39, 0.29) is 12.2 Å². The van der Waals surface area contributed by atoms with Gasteiger partial charge in [-0.2, -0.15) is 0 Å². The summed E-state index contributed by atoms with van der Waals surface area (Å²) in [5.74, 6) is 1.17. The van der Waals surface area contributed by atoms with E-state index in [9.17, 15) is 9.59 Å². The van der Waals surface area contributed by atoms with Crippen molar-refractivity contribution in [3.05, 3.63) is 108 Å². The lowest BCUT2D eigenvalue weighted by Crippen LogP contribution is -2.40. The Kier molecular flexibility index (Phi) is 6.86. The summed E-state index contributed by atoms with van der Waals surface area (Å²) in [5, 5.41) is 0.605. The smallest absolute Gasteiger partial charge is 0.338 e. The van der Waals surface area contributed by atoms with Crippen molar-refractivity contribution in [3.63, 3.8) is 0 Å². The van der Waals surface area contributed by atoms with Gasteiger partial charge < -0.3 is 13.9 Å². The molecule has 4 aromatic rings. The molecule has 0 N–H and O–H groups in total. The Labute approximate surface area is 221 Å². The predicted octanol–water partition coefficient (Wildman–Crippen LogP) is 4.72. The minimum atomic E-state index is -0.757. The first-order valence-corrected chi connectivity index (χ1v) is 12.8. The lowest BCUT2D eigenvalue weighted by Gasteiger charge is -2.25. The highest BCUT2D eigenvalue weighted by molar-refractivity contribution is 7.07. The van der Waals surface area contributed by atoms with Crippen molar-refractivity contribution in [2.45, 2.75) is 19.9 Å². The van der Waals surface area contributed by atoms with E-state index in [1.165, 1.54) is 15.9 Å². The molecule has 1 unspecified atom stereocenters. The van der Waals surface area contributed by atoms with Gasteiger partial charge in [0.2, 0.25) is 0 Å². The molecule has 0 bridgehead atoms. The molecule has 7 nitrogen and oxygen atoms in total. The van der Waals surface area contributed by atoms with Gasteiger partial charge in [-0.1, -0.05) is 53.3 Å². The molecule has 0 aliphatic carbocycles. The number of hydrogen-bond acceptors (Lipinski definition) is 7. The number of nitrogens with zero attached hydrogens (tertiary/aromatic N) is 2. The van der Waals surface area contributed by atoms with Crippen LogP contribution in [0.3, 0.4) is 0 Å². The van der Waals surface area contributed by atoms with E-state index in [2.05, 4.69) is 4.99 Å². The first-order valence-electron chi connectivity index (χ1n) is 11.6. The van der Waals surface area contributed by atoms with Crippen LogP contribution in [0, 0.1) is 0 Å². The standard InChI is InChI=1S/C28H23ClN2O5S/c1-4-35-27(33)24-16(2)30-28-31(25(24)20-10-5-6-11-22(20)34-3)26(32)23(37-28)15-19-12-13-21(36-19)17-8-7-9-18(29)14-17/h5-15,25H,4H2,1-3H3/b23-15-. The number of para-hydroxylation sites is 1. The van der Waals surface area contributed by atoms with Crippen molar-refractivity contribution >= 4 is 35.0 Å². The molecular formula is C28H23ClN2O5S. The third-order valence-electron chi connectivity index (χ3n) is 5.96. The molecule has 5 rings (SSSR count). The number of allylic oxidation sites excluding steroid dienone is 1. The summed E-state index contributed by atoms with van der Waals surface area (Å²) >= 11 is 7.34. The summed E-state index contributed by atoms with van der Waals surface area (Å²) < 4.78 is 18.9. The van der Waals surface area contributed by atoms with Crippen LogP contribution in [0.1, 0.15) is 31.2 Å². The number of ether oxygens (including phenoxy) is 2. The number of fused-ring (bicyclic) bond motifs is 1. The molecule has 0 spiro atoms. The molecule has 1 aliphatic heterocycles. The van der Waals surface area contributed by atoms with E-state index in [4.69, 9.17) is 25.5 Å². The minimum Gasteiger partial charge on any atom is -0.496 e. The van der Waals surface area contributed by atoms with Crippen molar-refractivity contribution in [1.29, 1.82) is 0 Å². The molecule has 1 atom stereocenters. The average Bonchev–Trinajstić information content (AvgIpc) is 3.48. The fourth-order valence-electron chi connectivity index (χ4n) is 4.33. The fourth-order valence-corrected chi connectivity index (χ4v) is 5.55. The molecule has 0 amide bonds. The quantitative estimate of drug-likeness (QED) is 0.334. The molecule has 2 aromatic carbocycles. The molecule has 0 saturated carbocycles. The highest BCUT2D eigenvalue weighted by atomic mass is 35.5. The number of carbonyl (C=O) groups is 1. The number of thiazole rings is 1. The molecule has 1 aliphatic rings. The van der Waals surface area contributed by atoms with Gasteiger partial charge in [0.05, 0.1) is 29.5 Å². The predicted molar refractivity (Wildman–Crippen MR) is 143 cm³/mol. The molecular weight excluding hydrogens is 512 g/mol. The van der Waals surface area contributed by atoms with E-state index in [0.29, 0.717) is 48.5 Å². The second-order valence-electron chi connectivity index (χ2n) is 8.26. The van der Waals surface area contributed by atoms with Crippen LogP contribution >= 0.6 is 22.9 Å². The van der Waals surface area contributed by atoms with Crippen molar-refractivity contribution in [2.75, 3.05) is 13.7 Å². The number of rotatable bonds is 6. The maximum Gasteiger partial charge on any atom is 0.338 e. The van der Waals surface area contributed by atoms with Crippen molar-refractivity contribution in [2.24, 2.45) is 4.99 Å². The van der Waals surface area contributed by atoms with Crippen molar-refractivity contribution < 1.29 is 18.7 Å². The average molecular weight is 535 g/mol. The van der Waals surface area contributed by atoms with Gasteiger partial charge in [-0.15, -0.1) is 0 Å². The number of aromatic nitrogens is 1. The Morgan fingerprint density at radius 2 is 2.00 bits per heavy atom. The Balaban J connectivity index is 1.67. The highest BCUT2D eigenvalue weighted by Gasteiger charge is 2.34. The summed E-state index contributed by atoms with van der Waals surface area (Å²) in [6, 6.07) is 17.5. The summed E-state index contributed by atoms with van der Waals surface area (Å²) in [6.45, 7) is 3.68. The summed E-state index contributed by atoms with van der Waals surface area (Å²) in [7, 11) is 1.55. The topological polar surface area (TPSA) is 83.0 Å². The summed E-state index contributed by atoms with van der Waals surface area (Å²) in [4.78, 5) is 31.9. The van der Waals surface area contributed by atoms with Gasteiger partial charge in [0.1, 0.15) is 23.3 Å². The summed E-state index contributed by atoms with van der Waals surface area (Å²) in [5.41, 5.74) is 1.99. The second-order valence-corrected chi connectivity index (χ2v) is 9.70. The lowest BCUT2D eigenvalue weighted by atomic mass is 9.95. The third kappa shape index (κ3) is 4.65. The molecule has 0 saturated heterocycles. The van der Waals surface area contributed by atoms with Crippen LogP contribution in [0.15, 0.2) is 86.1 Å². The number of methoxy groups -OCH3 is 1. The highest BCUT2D eigenvalue weighted by Crippen LogP contribution is 2.35. The zero-order valence-corrected chi connectivity index (χ0v) is 21.9. The Morgan fingerprint density at radius 1 is 1.19 bits per heavy atom. The zero-order chi connectivity index (χ0) is 26.1. The maximum atomic E-state index is 13.8. The molecule has 0 fully saturated rings. The van der Waals surface area contributed by atoms with Gasteiger partial charge in [0.15, 0.2) is 4.80 Å². The van der Waals surface area contributed by atoms with Crippen LogP contribution in [-0.4, -0.2) is 24.3 Å². The van der Waals surface area contributed by atoms with Gasteiger partial charge in [0, 0.05) is 22.2 Å². The van der Waals surface area contributed by atoms with Crippen LogP contribution in [0.2, 0.25) is 5.02 Å². The van der Waals surface area contributed by atoms with Gasteiger partial charge in [-0.05, 0) is 44.2 Å². The third-order valence-corrected chi connectivity index (χ3v) is 7.18. The fraction of sp³-hybridized carbons (Fsp3) is 0.179. The van der Waals surface area contributed by atoms with Gasteiger partial charge >= 0.3 is 5.97 Å². The Hall–Kier alpha value is -3.88. The monoisotopic (exact) mass is 534 g/mol. The van der Waals surface area contributed by atoms with E-state index >= 15 is 0 Å².